The molecule has 0 saturated carbocycles. The fourth-order valence-corrected chi connectivity index (χ4v) is 1.65. The van der Waals surface area contributed by atoms with Crippen molar-refractivity contribution in [1.82, 2.24) is 0 Å². The van der Waals surface area contributed by atoms with Crippen molar-refractivity contribution in [3.8, 4) is 17.2 Å². The molecule has 18 heavy (non-hydrogen) atoms. The smallest absolute Gasteiger partial charge is 0.153 e. The van der Waals surface area contributed by atoms with Crippen LogP contribution in [0.2, 0.25) is 0 Å². The van der Waals surface area contributed by atoms with Crippen molar-refractivity contribution in [1.29, 1.82) is 0 Å². The molecule has 0 radical (unpaired) electrons. The molecule has 0 unspecified atom stereocenters. The molecule has 0 atom stereocenters. The van der Waals surface area contributed by atoms with Crippen LogP contribution < -0.4 is 15.2 Å². The molecule has 0 aliphatic rings. The lowest BCUT2D eigenvalue weighted by atomic mass is 10.2. The average molecular weight is 243 g/mol. The first-order valence-corrected chi connectivity index (χ1v) is 5.93. The summed E-state index contributed by atoms with van der Waals surface area (Å²) < 4.78 is 10.9. The van der Waals surface area contributed by atoms with Crippen LogP contribution in [0.25, 0.3) is 0 Å². The number of hydrogen-bond donors (Lipinski definition) is 1. The van der Waals surface area contributed by atoms with Gasteiger partial charge in [0.15, 0.2) is 5.75 Å². The van der Waals surface area contributed by atoms with Crippen molar-refractivity contribution in [2.24, 2.45) is 0 Å². The molecule has 0 amide bonds. The predicted molar refractivity (Wildman–Crippen MR) is 73.3 cm³/mol. The molecular formula is C15H17NO2. The summed E-state index contributed by atoms with van der Waals surface area (Å²) in [6.45, 7) is 2.12. The van der Waals surface area contributed by atoms with Crippen molar-refractivity contribution in [3.63, 3.8) is 0 Å². The van der Waals surface area contributed by atoms with Crippen molar-refractivity contribution >= 4 is 5.69 Å². The average Bonchev–Trinajstić information content (AvgIpc) is 2.42. The highest BCUT2D eigenvalue weighted by atomic mass is 16.5. The van der Waals surface area contributed by atoms with E-state index in [9.17, 15) is 0 Å². The van der Waals surface area contributed by atoms with Crippen molar-refractivity contribution < 1.29 is 9.47 Å². The van der Waals surface area contributed by atoms with E-state index >= 15 is 0 Å². The molecule has 3 nitrogen and oxygen atoms in total. The zero-order valence-corrected chi connectivity index (χ0v) is 10.6. The van der Waals surface area contributed by atoms with E-state index in [4.69, 9.17) is 15.2 Å². The Hall–Kier alpha value is -2.16. The minimum absolute atomic E-state index is 0.593. The summed E-state index contributed by atoms with van der Waals surface area (Å²) in [5.41, 5.74) is 7.74. The van der Waals surface area contributed by atoms with Crippen LogP contribution in [0, 0.1) is 0 Å². The van der Waals surface area contributed by atoms with Gasteiger partial charge in [-0.2, -0.15) is 0 Å². The van der Waals surface area contributed by atoms with E-state index < -0.39 is 0 Å². The molecule has 0 spiro atoms. The van der Waals surface area contributed by atoms with Crippen LogP contribution in [-0.4, -0.2) is 7.11 Å². The lowest BCUT2D eigenvalue weighted by molar-refractivity contribution is 0.409. The van der Waals surface area contributed by atoms with E-state index in [1.54, 1.807) is 19.2 Å². The summed E-state index contributed by atoms with van der Waals surface area (Å²) in [6.07, 6.45) is 1.02. The summed E-state index contributed by atoms with van der Waals surface area (Å²) in [7, 11) is 1.62. The molecule has 94 valence electrons. The Balaban J connectivity index is 2.21. The van der Waals surface area contributed by atoms with Crippen LogP contribution in [0.5, 0.6) is 17.2 Å². The Morgan fingerprint density at radius 1 is 1.00 bits per heavy atom. The van der Waals surface area contributed by atoms with Gasteiger partial charge in [-0.25, -0.2) is 0 Å². The molecule has 2 aromatic carbocycles. The summed E-state index contributed by atoms with van der Waals surface area (Å²) in [5.74, 6) is 2.11. The molecule has 0 aliphatic carbocycles. The number of rotatable bonds is 4. The normalized spacial score (nSPS) is 10.1. The van der Waals surface area contributed by atoms with Gasteiger partial charge in [0.2, 0.25) is 0 Å². The van der Waals surface area contributed by atoms with E-state index in [-0.39, 0.29) is 0 Å². The van der Waals surface area contributed by atoms with Gasteiger partial charge in [-0.3, -0.25) is 0 Å². The number of hydrogen-bond acceptors (Lipinski definition) is 3. The van der Waals surface area contributed by atoms with Crippen LogP contribution in [0.1, 0.15) is 12.5 Å². The Kier molecular flexibility index (Phi) is 3.72. The van der Waals surface area contributed by atoms with Gasteiger partial charge in [0, 0.05) is 6.07 Å². The number of benzene rings is 2. The predicted octanol–water partition coefficient (Wildman–Crippen LogP) is 3.63. The van der Waals surface area contributed by atoms with E-state index in [0.29, 0.717) is 11.4 Å². The summed E-state index contributed by atoms with van der Waals surface area (Å²) in [5, 5.41) is 0. The van der Waals surface area contributed by atoms with Crippen molar-refractivity contribution in [3.05, 3.63) is 48.0 Å². The maximum Gasteiger partial charge on any atom is 0.153 e. The Labute approximate surface area is 107 Å². The lowest BCUT2D eigenvalue weighted by Crippen LogP contribution is -1.93. The molecule has 0 heterocycles. The molecule has 0 saturated heterocycles. The van der Waals surface area contributed by atoms with Crippen LogP contribution in [0.3, 0.4) is 0 Å². The summed E-state index contributed by atoms with van der Waals surface area (Å²) in [4.78, 5) is 0. The fraction of sp³-hybridized carbons (Fsp3) is 0.200. The van der Waals surface area contributed by atoms with Gasteiger partial charge in [-0.05, 0) is 36.2 Å². The van der Waals surface area contributed by atoms with Crippen LogP contribution in [0.15, 0.2) is 42.5 Å². The topological polar surface area (TPSA) is 44.5 Å². The molecule has 2 rings (SSSR count). The lowest BCUT2D eigenvalue weighted by Gasteiger charge is -2.10. The first kappa shape index (κ1) is 12.3. The Morgan fingerprint density at radius 2 is 1.67 bits per heavy atom. The van der Waals surface area contributed by atoms with Crippen LogP contribution in [0.4, 0.5) is 5.69 Å². The zero-order valence-electron chi connectivity index (χ0n) is 10.6. The number of ether oxygens (including phenoxy) is 2. The summed E-state index contributed by atoms with van der Waals surface area (Å²) in [6, 6.07) is 13.3. The van der Waals surface area contributed by atoms with E-state index in [1.165, 1.54) is 5.56 Å². The number of aryl methyl sites for hydroxylation is 1. The van der Waals surface area contributed by atoms with Crippen molar-refractivity contribution in [2.45, 2.75) is 13.3 Å². The number of methoxy groups -OCH3 is 1. The molecule has 2 aromatic rings. The third-order valence-corrected chi connectivity index (χ3v) is 2.78. The third kappa shape index (κ3) is 2.74. The number of nitrogen functional groups attached to an aromatic ring is 1. The highest BCUT2D eigenvalue weighted by Crippen LogP contribution is 2.31. The van der Waals surface area contributed by atoms with Gasteiger partial charge in [0.05, 0.1) is 12.8 Å². The molecule has 0 bridgehead atoms. The molecule has 0 aromatic heterocycles. The summed E-state index contributed by atoms with van der Waals surface area (Å²) >= 11 is 0. The van der Waals surface area contributed by atoms with Gasteiger partial charge in [-0.15, -0.1) is 0 Å². The molecule has 3 heteroatoms. The van der Waals surface area contributed by atoms with Gasteiger partial charge >= 0.3 is 0 Å². The van der Waals surface area contributed by atoms with Gasteiger partial charge in [0.25, 0.3) is 0 Å². The Bertz CT molecular complexity index is 521. The minimum atomic E-state index is 0.593. The number of anilines is 1. The zero-order chi connectivity index (χ0) is 13.0. The fourth-order valence-electron chi connectivity index (χ4n) is 1.65. The highest BCUT2D eigenvalue weighted by Gasteiger charge is 2.04. The second kappa shape index (κ2) is 5.45. The van der Waals surface area contributed by atoms with Crippen LogP contribution in [-0.2, 0) is 6.42 Å². The first-order valence-electron chi connectivity index (χ1n) is 5.93. The molecule has 0 aliphatic heterocycles. The van der Waals surface area contributed by atoms with E-state index in [1.807, 2.05) is 30.3 Å². The Morgan fingerprint density at radius 3 is 2.28 bits per heavy atom. The molecule has 2 N–H and O–H groups in total. The first-order chi connectivity index (χ1) is 8.72. The quantitative estimate of drug-likeness (QED) is 0.834. The molecular weight excluding hydrogens is 226 g/mol. The minimum Gasteiger partial charge on any atom is -0.497 e. The largest absolute Gasteiger partial charge is 0.497 e. The second-order valence-electron chi connectivity index (χ2n) is 4.00. The van der Waals surface area contributed by atoms with Gasteiger partial charge in [0.1, 0.15) is 11.5 Å². The second-order valence-corrected chi connectivity index (χ2v) is 4.00. The van der Waals surface area contributed by atoms with Gasteiger partial charge < -0.3 is 15.2 Å². The maximum atomic E-state index is 5.87. The van der Waals surface area contributed by atoms with Gasteiger partial charge in [-0.1, -0.05) is 19.1 Å². The van der Waals surface area contributed by atoms with E-state index in [0.717, 1.165) is 17.9 Å². The van der Waals surface area contributed by atoms with Crippen molar-refractivity contribution in [2.75, 3.05) is 12.8 Å². The highest BCUT2D eigenvalue weighted by molar-refractivity contribution is 5.57. The maximum absolute atomic E-state index is 5.87. The standard InChI is InChI=1S/C15H17NO2/c1-3-11-4-6-12(7-5-11)18-15-10-13(17-2)8-9-14(15)16/h4-10H,3,16H2,1-2H3. The number of nitrogens with two attached hydrogens (primary N) is 1. The van der Waals surface area contributed by atoms with Crippen LogP contribution >= 0.6 is 0 Å². The monoisotopic (exact) mass is 243 g/mol. The van der Waals surface area contributed by atoms with E-state index in [2.05, 4.69) is 6.92 Å². The molecule has 0 fully saturated rings. The third-order valence-electron chi connectivity index (χ3n) is 2.78. The SMILES string of the molecule is CCc1ccc(Oc2cc(OC)ccc2N)cc1.